The molecule has 7 heteroatoms. The van der Waals surface area contributed by atoms with Gasteiger partial charge in [-0.1, -0.05) is 29.3 Å². The highest BCUT2D eigenvalue weighted by Crippen LogP contribution is 2.25. The molecule has 2 unspecified atom stereocenters. The van der Waals surface area contributed by atoms with Crippen LogP contribution in [0.2, 0.25) is 10.0 Å². The zero-order valence-electron chi connectivity index (χ0n) is 14.2. The number of nitrogens with one attached hydrogen (secondary N) is 2. The molecule has 2 atom stereocenters. The van der Waals surface area contributed by atoms with Crippen molar-refractivity contribution >= 4 is 29.2 Å². The van der Waals surface area contributed by atoms with Crippen LogP contribution in [-0.4, -0.2) is 29.1 Å². The minimum atomic E-state index is -0.682. The van der Waals surface area contributed by atoms with Gasteiger partial charge < -0.3 is 15.7 Å². The van der Waals surface area contributed by atoms with E-state index in [0.29, 0.717) is 22.5 Å². The smallest absolute Gasteiger partial charge is 0.191 e. The highest BCUT2D eigenvalue weighted by atomic mass is 35.5. The van der Waals surface area contributed by atoms with E-state index in [1.54, 1.807) is 30.6 Å². The molecule has 2 aromatic rings. The van der Waals surface area contributed by atoms with Gasteiger partial charge in [-0.25, -0.2) is 0 Å². The topological polar surface area (TPSA) is 69.5 Å². The van der Waals surface area contributed by atoms with Crippen LogP contribution in [0, 0.1) is 0 Å². The van der Waals surface area contributed by atoms with E-state index in [1.165, 1.54) is 0 Å². The third-order valence-corrected chi connectivity index (χ3v) is 4.39. The van der Waals surface area contributed by atoms with E-state index in [2.05, 4.69) is 20.6 Å². The van der Waals surface area contributed by atoms with E-state index in [1.807, 2.05) is 26.0 Å². The summed E-state index contributed by atoms with van der Waals surface area (Å²) in [5.74, 6) is 0.620. The third-order valence-electron chi connectivity index (χ3n) is 3.65. The summed E-state index contributed by atoms with van der Waals surface area (Å²) in [5.41, 5.74) is 1.78. The van der Waals surface area contributed by atoms with Gasteiger partial charge in [0.05, 0.1) is 28.7 Å². The number of guanidine groups is 1. The number of hydrogen-bond acceptors (Lipinski definition) is 3. The Hall–Kier alpha value is -1.82. The van der Waals surface area contributed by atoms with E-state index in [-0.39, 0.29) is 12.6 Å². The number of nitrogens with zero attached hydrogens (tertiary/aromatic N) is 2. The molecular formula is C18H22Cl2N4O. The van der Waals surface area contributed by atoms with Gasteiger partial charge in [0, 0.05) is 18.9 Å². The number of rotatable bonds is 6. The molecule has 0 aliphatic carbocycles. The lowest BCUT2D eigenvalue weighted by molar-refractivity contribution is 0.187. The van der Waals surface area contributed by atoms with Crippen LogP contribution in [0.25, 0.3) is 0 Å². The molecule has 0 saturated heterocycles. The summed E-state index contributed by atoms with van der Waals surface area (Å²) in [6, 6.07) is 9.05. The summed E-state index contributed by atoms with van der Waals surface area (Å²) < 4.78 is 0. The molecule has 0 aliphatic rings. The number of aromatic nitrogens is 1. The average Bonchev–Trinajstić information content (AvgIpc) is 2.62. The Morgan fingerprint density at radius 2 is 1.88 bits per heavy atom. The van der Waals surface area contributed by atoms with E-state index in [0.717, 1.165) is 11.1 Å². The Labute approximate surface area is 158 Å². The van der Waals surface area contributed by atoms with Crippen molar-refractivity contribution < 1.29 is 5.11 Å². The van der Waals surface area contributed by atoms with Crippen molar-refractivity contribution in [2.75, 3.05) is 13.1 Å². The number of aliphatic imine (C=N–C) groups is 1. The molecule has 1 aromatic heterocycles. The van der Waals surface area contributed by atoms with E-state index in [4.69, 9.17) is 23.2 Å². The maximum absolute atomic E-state index is 10.2. The molecule has 0 amide bonds. The van der Waals surface area contributed by atoms with E-state index < -0.39 is 6.10 Å². The largest absolute Gasteiger partial charge is 0.386 e. The van der Waals surface area contributed by atoms with Crippen molar-refractivity contribution in [3.63, 3.8) is 0 Å². The van der Waals surface area contributed by atoms with Crippen LogP contribution >= 0.6 is 23.2 Å². The first-order valence-corrected chi connectivity index (χ1v) is 8.84. The Morgan fingerprint density at radius 1 is 1.16 bits per heavy atom. The third kappa shape index (κ3) is 5.88. The zero-order valence-corrected chi connectivity index (χ0v) is 15.7. The summed E-state index contributed by atoms with van der Waals surface area (Å²) in [5, 5.41) is 17.8. The van der Waals surface area contributed by atoms with Crippen LogP contribution in [0.15, 0.2) is 47.7 Å². The molecular weight excluding hydrogens is 359 g/mol. The highest BCUT2D eigenvalue weighted by Gasteiger charge is 2.11. The predicted molar refractivity (Wildman–Crippen MR) is 103 cm³/mol. The normalized spacial score (nSPS) is 14.0. The number of hydrogen-bond donors (Lipinski definition) is 3. The first-order valence-electron chi connectivity index (χ1n) is 8.09. The number of benzene rings is 1. The van der Waals surface area contributed by atoms with Gasteiger partial charge in [0.1, 0.15) is 0 Å². The van der Waals surface area contributed by atoms with Crippen LogP contribution in [0.4, 0.5) is 0 Å². The Balaban J connectivity index is 2.04. The maximum atomic E-state index is 10.2. The summed E-state index contributed by atoms with van der Waals surface area (Å²) in [4.78, 5) is 8.41. The highest BCUT2D eigenvalue weighted by molar-refractivity contribution is 6.42. The van der Waals surface area contributed by atoms with Gasteiger partial charge in [0.15, 0.2) is 5.96 Å². The first kappa shape index (κ1) is 19.5. The fourth-order valence-electron chi connectivity index (χ4n) is 2.26. The van der Waals surface area contributed by atoms with Crippen molar-refractivity contribution in [2.45, 2.75) is 26.0 Å². The quantitative estimate of drug-likeness (QED) is 0.527. The number of aliphatic hydroxyl groups excluding tert-OH is 1. The second-order valence-electron chi connectivity index (χ2n) is 5.56. The fraction of sp³-hybridized carbons (Fsp3) is 0.333. The maximum Gasteiger partial charge on any atom is 0.191 e. The molecule has 0 bridgehead atoms. The molecule has 0 saturated carbocycles. The van der Waals surface area contributed by atoms with Crippen molar-refractivity contribution in [2.24, 2.45) is 4.99 Å². The van der Waals surface area contributed by atoms with Gasteiger partial charge >= 0.3 is 0 Å². The molecule has 0 spiro atoms. The lowest BCUT2D eigenvalue weighted by Crippen LogP contribution is -2.39. The van der Waals surface area contributed by atoms with E-state index in [9.17, 15) is 5.11 Å². The summed E-state index contributed by atoms with van der Waals surface area (Å²) in [7, 11) is 0. The zero-order chi connectivity index (χ0) is 18.2. The lowest BCUT2D eigenvalue weighted by Gasteiger charge is -2.19. The Bertz CT molecular complexity index is 709. The summed E-state index contributed by atoms with van der Waals surface area (Å²) in [6.07, 6.45) is 2.62. The van der Waals surface area contributed by atoms with Gasteiger partial charge in [-0.05, 0) is 49.2 Å². The second kappa shape index (κ2) is 9.61. The van der Waals surface area contributed by atoms with Gasteiger partial charge in [-0.3, -0.25) is 9.98 Å². The SMILES string of the molecule is CCNC(=NCC(O)c1ccncc1)NC(C)c1ccc(Cl)c(Cl)c1. The molecule has 3 N–H and O–H groups in total. The monoisotopic (exact) mass is 380 g/mol. The fourth-order valence-corrected chi connectivity index (χ4v) is 2.57. The Morgan fingerprint density at radius 3 is 2.52 bits per heavy atom. The predicted octanol–water partition coefficient (Wildman–Crippen LogP) is 3.74. The van der Waals surface area contributed by atoms with Crippen LogP contribution in [-0.2, 0) is 0 Å². The average molecular weight is 381 g/mol. The van der Waals surface area contributed by atoms with Crippen molar-refractivity contribution in [1.82, 2.24) is 15.6 Å². The molecule has 2 rings (SSSR count). The molecule has 0 fully saturated rings. The van der Waals surface area contributed by atoms with Crippen molar-refractivity contribution in [1.29, 1.82) is 0 Å². The van der Waals surface area contributed by atoms with Crippen LogP contribution in [0.5, 0.6) is 0 Å². The second-order valence-corrected chi connectivity index (χ2v) is 6.37. The minimum absolute atomic E-state index is 0.0226. The molecule has 134 valence electrons. The van der Waals surface area contributed by atoms with Crippen LogP contribution < -0.4 is 10.6 Å². The van der Waals surface area contributed by atoms with Crippen molar-refractivity contribution in [3.05, 3.63) is 63.9 Å². The lowest BCUT2D eigenvalue weighted by atomic mass is 10.1. The minimum Gasteiger partial charge on any atom is -0.386 e. The van der Waals surface area contributed by atoms with Crippen LogP contribution in [0.3, 0.4) is 0 Å². The Kier molecular flexibility index (Phi) is 7.50. The molecule has 1 heterocycles. The summed E-state index contributed by atoms with van der Waals surface area (Å²) >= 11 is 12.0. The number of pyridine rings is 1. The van der Waals surface area contributed by atoms with Gasteiger partial charge in [-0.15, -0.1) is 0 Å². The molecule has 25 heavy (non-hydrogen) atoms. The number of halogens is 2. The van der Waals surface area contributed by atoms with Crippen LogP contribution in [0.1, 0.15) is 37.1 Å². The first-order chi connectivity index (χ1) is 12.0. The molecule has 5 nitrogen and oxygen atoms in total. The number of aliphatic hydroxyl groups is 1. The van der Waals surface area contributed by atoms with Gasteiger partial charge in [0.2, 0.25) is 0 Å². The molecule has 1 aromatic carbocycles. The summed E-state index contributed by atoms with van der Waals surface area (Å²) in [6.45, 7) is 4.95. The molecule has 0 radical (unpaired) electrons. The standard InChI is InChI=1S/C18H22Cl2N4O/c1-3-22-18(23-11-17(25)13-6-8-21-9-7-13)24-12(2)14-4-5-15(19)16(20)10-14/h4-10,12,17,25H,3,11H2,1-2H3,(H2,22,23,24). The molecule has 0 aliphatic heterocycles. The van der Waals surface area contributed by atoms with Gasteiger partial charge in [-0.2, -0.15) is 0 Å². The van der Waals surface area contributed by atoms with E-state index >= 15 is 0 Å². The van der Waals surface area contributed by atoms with Crippen molar-refractivity contribution in [3.8, 4) is 0 Å². The van der Waals surface area contributed by atoms with Gasteiger partial charge in [0.25, 0.3) is 0 Å².